The van der Waals surface area contributed by atoms with E-state index >= 15 is 0 Å². The van der Waals surface area contributed by atoms with Gasteiger partial charge in [0.15, 0.2) is 11.5 Å². The van der Waals surface area contributed by atoms with Crippen LogP contribution in [0.25, 0.3) is 6.08 Å². The number of carbonyl (C=O) groups is 1. The van der Waals surface area contributed by atoms with Crippen molar-refractivity contribution in [2.75, 3.05) is 11.9 Å². The van der Waals surface area contributed by atoms with E-state index in [9.17, 15) is 15.2 Å². The molecule has 8 heteroatoms. The maximum Gasteiger partial charge on any atom is 0.266 e. The van der Waals surface area contributed by atoms with Gasteiger partial charge in [-0.25, -0.2) is 0 Å². The van der Waals surface area contributed by atoms with Gasteiger partial charge in [0.05, 0.1) is 6.61 Å². The summed E-state index contributed by atoms with van der Waals surface area (Å²) in [5.41, 5.74) is 2.82. The molecule has 0 aliphatic rings. The number of amides is 1. The van der Waals surface area contributed by atoms with Crippen LogP contribution in [0.15, 0.2) is 101 Å². The van der Waals surface area contributed by atoms with E-state index in [1.807, 2.05) is 67.6 Å². The number of aromatic hydroxyl groups is 1. The fraction of sp³-hybridized carbons (Fsp3) is 0.125. The maximum atomic E-state index is 12.7. The second-order valence-corrected chi connectivity index (χ2v) is 9.55. The smallest absolute Gasteiger partial charge is 0.266 e. The van der Waals surface area contributed by atoms with E-state index in [-0.39, 0.29) is 17.9 Å². The van der Waals surface area contributed by atoms with Crippen LogP contribution >= 0.6 is 15.9 Å². The Bertz CT molecular complexity index is 1530. The number of hydrogen-bond donors (Lipinski definition) is 2. The molecule has 4 aromatic carbocycles. The molecule has 0 radical (unpaired) electrons. The summed E-state index contributed by atoms with van der Waals surface area (Å²) in [6.45, 7) is 3.04. The van der Waals surface area contributed by atoms with E-state index in [1.165, 1.54) is 18.2 Å². The molecule has 7 nitrogen and oxygen atoms in total. The van der Waals surface area contributed by atoms with Gasteiger partial charge in [-0.3, -0.25) is 4.79 Å². The Kier molecular flexibility index (Phi) is 9.81. The van der Waals surface area contributed by atoms with Crippen LogP contribution in [0.3, 0.4) is 0 Å². The summed E-state index contributed by atoms with van der Waals surface area (Å²) < 4.78 is 18.7. The fourth-order valence-corrected chi connectivity index (χ4v) is 4.12. The molecule has 4 rings (SSSR count). The number of carbonyl (C=O) groups excluding carboxylic acids is 1. The van der Waals surface area contributed by atoms with E-state index in [0.29, 0.717) is 41.7 Å². The first kappa shape index (κ1) is 28.3. The third-order valence-electron chi connectivity index (χ3n) is 5.70. The largest absolute Gasteiger partial charge is 0.508 e. The summed E-state index contributed by atoms with van der Waals surface area (Å²) in [5.74, 6) is 1.25. The predicted molar refractivity (Wildman–Crippen MR) is 157 cm³/mol. The Morgan fingerprint density at radius 2 is 1.57 bits per heavy atom. The first-order chi connectivity index (χ1) is 19.4. The maximum absolute atomic E-state index is 12.7. The number of phenolic OH excluding ortho intramolecular Hbond substituents is 1. The lowest BCUT2D eigenvalue weighted by Crippen LogP contribution is -2.13. The molecule has 0 unspecified atom stereocenters. The number of nitrogens with one attached hydrogen (secondary N) is 1. The molecule has 4 aromatic rings. The summed E-state index contributed by atoms with van der Waals surface area (Å²) in [6.07, 6.45) is 1.47. The first-order valence-corrected chi connectivity index (χ1v) is 13.3. The van der Waals surface area contributed by atoms with Crippen molar-refractivity contribution in [3.63, 3.8) is 0 Å². The number of halogens is 1. The molecule has 40 heavy (non-hydrogen) atoms. The lowest BCUT2D eigenvalue weighted by atomic mass is 10.1. The van der Waals surface area contributed by atoms with Crippen LogP contribution < -0.4 is 19.5 Å². The molecule has 0 atom stereocenters. The molecule has 0 spiro atoms. The number of anilines is 1. The van der Waals surface area contributed by atoms with Crippen molar-refractivity contribution in [3.05, 3.63) is 118 Å². The highest BCUT2D eigenvalue weighted by Crippen LogP contribution is 2.31. The zero-order chi connectivity index (χ0) is 28.3. The highest BCUT2D eigenvalue weighted by molar-refractivity contribution is 9.10. The average Bonchev–Trinajstić information content (AvgIpc) is 2.96. The zero-order valence-corrected chi connectivity index (χ0v) is 23.4. The van der Waals surface area contributed by atoms with E-state index in [1.54, 1.807) is 24.3 Å². The minimum atomic E-state index is -0.577. The molecule has 2 N–H and O–H groups in total. The Morgan fingerprint density at radius 3 is 2.30 bits per heavy atom. The van der Waals surface area contributed by atoms with Crippen LogP contribution in [-0.4, -0.2) is 17.6 Å². The highest BCUT2D eigenvalue weighted by atomic mass is 79.9. The topological polar surface area (TPSA) is 101 Å². The first-order valence-electron chi connectivity index (χ1n) is 12.5. The Balaban J connectivity index is 1.49. The zero-order valence-electron chi connectivity index (χ0n) is 21.8. The summed E-state index contributed by atoms with van der Waals surface area (Å²) in [4.78, 5) is 12.7. The fourth-order valence-electron chi connectivity index (χ4n) is 3.74. The molecule has 202 valence electrons. The predicted octanol–water partition coefficient (Wildman–Crippen LogP) is 7.26. The normalized spacial score (nSPS) is 10.9. The Labute approximate surface area is 241 Å². The summed E-state index contributed by atoms with van der Waals surface area (Å²) in [6, 6.07) is 28.8. The second kappa shape index (κ2) is 13.9. The van der Waals surface area contributed by atoms with Crippen molar-refractivity contribution in [2.24, 2.45) is 0 Å². The second-order valence-electron chi connectivity index (χ2n) is 8.63. The minimum Gasteiger partial charge on any atom is -0.508 e. The Hall–Kier alpha value is -4.74. The average molecular weight is 599 g/mol. The molecule has 1 amide bonds. The Morgan fingerprint density at radius 1 is 0.875 bits per heavy atom. The third-order valence-corrected chi connectivity index (χ3v) is 6.19. The SMILES string of the molecule is CCOc1cc(COc2ccc(Br)cc2/C=C(\C#N)C(=O)Nc2ccc(O)cc2)ccc1OCc1ccccc1. The highest BCUT2D eigenvalue weighted by Gasteiger charge is 2.13. The van der Waals surface area contributed by atoms with Gasteiger partial charge in [0, 0.05) is 15.7 Å². The number of phenols is 1. The van der Waals surface area contributed by atoms with Gasteiger partial charge in [0.25, 0.3) is 5.91 Å². The molecule has 0 heterocycles. The molecule has 0 aliphatic carbocycles. The number of nitriles is 1. The van der Waals surface area contributed by atoms with Crippen molar-refractivity contribution >= 4 is 33.6 Å². The lowest BCUT2D eigenvalue weighted by molar-refractivity contribution is -0.112. The van der Waals surface area contributed by atoms with Gasteiger partial charge in [0.2, 0.25) is 0 Å². The standard InChI is InChI=1S/C32H27BrN2O5/c1-2-38-31-16-23(8-14-30(31)40-20-22-6-4-3-5-7-22)21-39-29-15-9-26(33)18-24(29)17-25(19-34)32(37)35-27-10-12-28(36)13-11-27/h3-18,36H,2,20-21H2,1H3,(H,35,37)/b25-17+. The van der Waals surface area contributed by atoms with Crippen molar-refractivity contribution in [3.8, 4) is 29.1 Å². The van der Waals surface area contributed by atoms with Gasteiger partial charge in [0.1, 0.15) is 36.4 Å². The molecule has 0 aliphatic heterocycles. The summed E-state index contributed by atoms with van der Waals surface area (Å²) in [5, 5.41) is 21.8. The van der Waals surface area contributed by atoms with Gasteiger partial charge in [-0.05, 0) is 78.7 Å². The molecule has 0 saturated carbocycles. The van der Waals surface area contributed by atoms with Crippen LogP contribution in [0.1, 0.15) is 23.6 Å². The molecule has 0 bridgehead atoms. The monoisotopic (exact) mass is 598 g/mol. The van der Waals surface area contributed by atoms with Gasteiger partial charge in [-0.1, -0.05) is 52.3 Å². The number of hydrogen-bond acceptors (Lipinski definition) is 6. The van der Waals surface area contributed by atoms with Gasteiger partial charge in [-0.2, -0.15) is 5.26 Å². The van der Waals surface area contributed by atoms with E-state index < -0.39 is 5.91 Å². The van der Waals surface area contributed by atoms with E-state index in [4.69, 9.17) is 14.2 Å². The number of benzene rings is 4. The van der Waals surface area contributed by atoms with Crippen molar-refractivity contribution in [1.29, 1.82) is 5.26 Å². The molecule has 0 fully saturated rings. The summed E-state index contributed by atoms with van der Waals surface area (Å²) >= 11 is 3.45. The van der Waals surface area contributed by atoms with Crippen LogP contribution in [0.2, 0.25) is 0 Å². The number of rotatable bonds is 11. The van der Waals surface area contributed by atoms with E-state index in [2.05, 4.69) is 21.2 Å². The number of nitrogens with zero attached hydrogens (tertiary/aromatic N) is 1. The van der Waals surface area contributed by atoms with Crippen molar-refractivity contribution in [1.82, 2.24) is 0 Å². The van der Waals surface area contributed by atoms with Crippen LogP contribution in [-0.2, 0) is 18.0 Å². The molecular formula is C32H27BrN2O5. The van der Waals surface area contributed by atoms with E-state index in [0.717, 1.165) is 15.6 Å². The molecular weight excluding hydrogens is 572 g/mol. The van der Waals surface area contributed by atoms with Crippen LogP contribution in [0.5, 0.6) is 23.0 Å². The van der Waals surface area contributed by atoms with Gasteiger partial charge >= 0.3 is 0 Å². The molecule has 0 saturated heterocycles. The lowest BCUT2D eigenvalue weighted by Gasteiger charge is -2.15. The summed E-state index contributed by atoms with van der Waals surface area (Å²) in [7, 11) is 0. The van der Waals surface area contributed by atoms with Crippen LogP contribution in [0, 0.1) is 11.3 Å². The third kappa shape index (κ3) is 7.88. The molecule has 0 aromatic heterocycles. The van der Waals surface area contributed by atoms with Crippen LogP contribution in [0.4, 0.5) is 5.69 Å². The van der Waals surface area contributed by atoms with Gasteiger partial charge in [-0.15, -0.1) is 0 Å². The van der Waals surface area contributed by atoms with Gasteiger partial charge < -0.3 is 24.6 Å². The number of ether oxygens (including phenoxy) is 3. The minimum absolute atomic E-state index is 0.0766. The quantitative estimate of drug-likeness (QED) is 0.107. The van der Waals surface area contributed by atoms with Crippen molar-refractivity contribution in [2.45, 2.75) is 20.1 Å². The van der Waals surface area contributed by atoms with Crippen molar-refractivity contribution < 1.29 is 24.1 Å².